The first-order valence-corrected chi connectivity index (χ1v) is 13.0. The van der Waals surface area contributed by atoms with Crippen molar-refractivity contribution in [3.63, 3.8) is 0 Å². The van der Waals surface area contributed by atoms with Gasteiger partial charge in [-0.05, 0) is 49.3 Å². The molecule has 39 heavy (non-hydrogen) atoms. The van der Waals surface area contributed by atoms with Gasteiger partial charge in [-0.1, -0.05) is 12.1 Å². The number of nitrogens with zero attached hydrogens (tertiary/aromatic N) is 4. The number of pyridine rings is 1. The zero-order chi connectivity index (χ0) is 27.2. The van der Waals surface area contributed by atoms with Gasteiger partial charge in [-0.3, -0.25) is 19.4 Å². The van der Waals surface area contributed by atoms with E-state index in [4.69, 9.17) is 9.15 Å². The summed E-state index contributed by atoms with van der Waals surface area (Å²) >= 11 is 0. The fraction of sp³-hybridized carbons (Fsp3) is 0.393. The molecule has 0 atom stereocenters. The van der Waals surface area contributed by atoms with E-state index in [1.54, 1.807) is 28.0 Å². The highest BCUT2D eigenvalue weighted by Gasteiger charge is 2.37. The summed E-state index contributed by atoms with van der Waals surface area (Å²) in [4.78, 5) is 50.6. The number of nitrogens with one attached hydrogen (secondary N) is 1. The van der Waals surface area contributed by atoms with E-state index < -0.39 is 5.82 Å². The van der Waals surface area contributed by atoms with Crippen LogP contribution in [0.25, 0.3) is 0 Å². The number of aromatic nitrogens is 2. The van der Waals surface area contributed by atoms with Crippen molar-refractivity contribution in [3.05, 3.63) is 78.0 Å². The quantitative estimate of drug-likeness (QED) is 0.536. The summed E-state index contributed by atoms with van der Waals surface area (Å²) in [5, 5.41) is 3.08. The Morgan fingerprint density at radius 2 is 1.74 bits per heavy atom. The van der Waals surface area contributed by atoms with E-state index >= 15 is 0 Å². The minimum atomic E-state index is -0.562. The molecule has 0 aliphatic carbocycles. The average molecular weight is 536 g/mol. The molecule has 204 valence electrons. The molecule has 10 nitrogen and oxygen atoms in total. The molecule has 1 N–H and O–H groups in total. The zero-order valence-corrected chi connectivity index (χ0v) is 21.5. The van der Waals surface area contributed by atoms with Gasteiger partial charge in [0.05, 0.1) is 23.9 Å². The number of hydrogen-bond acceptors (Lipinski definition) is 7. The molecule has 11 heteroatoms. The van der Waals surface area contributed by atoms with Crippen LogP contribution in [0.2, 0.25) is 0 Å². The van der Waals surface area contributed by atoms with E-state index in [1.165, 1.54) is 24.9 Å². The molecule has 0 saturated carbocycles. The van der Waals surface area contributed by atoms with Crippen LogP contribution in [0.15, 0.2) is 59.8 Å². The lowest BCUT2D eigenvalue weighted by Gasteiger charge is -2.43. The van der Waals surface area contributed by atoms with Gasteiger partial charge in [-0.25, -0.2) is 9.37 Å². The van der Waals surface area contributed by atoms with E-state index in [2.05, 4.69) is 15.3 Å². The molecular formula is C28H30FN5O5. The molecule has 1 spiro atoms. The lowest BCUT2D eigenvalue weighted by Crippen LogP contribution is -2.49. The monoisotopic (exact) mass is 535 g/mol. The van der Waals surface area contributed by atoms with Crippen molar-refractivity contribution in [1.29, 1.82) is 0 Å². The third kappa shape index (κ3) is 6.08. The number of amides is 3. The number of ether oxygens (including phenoxy) is 1. The highest BCUT2D eigenvalue weighted by atomic mass is 19.1. The van der Waals surface area contributed by atoms with Gasteiger partial charge >= 0.3 is 0 Å². The summed E-state index contributed by atoms with van der Waals surface area (Å²) in [6.45, 7) is 2.46. The van der Waals surface area contributed by atoms with Crippen molar-refractivity contribution >= 4 is 17.7 Å². The number of fused-ring (bicyclic) bond motifs is 1. The Kier molecular flexibility index (Phi) is 7.85. The van der Waals surface area contributed by atoms with Crippen molar-refractivity contribution < 1.29 is 27.9 Å². The number of para-hydroxylation sites is 1. The van der Waals surface area contributed by atoms with Crippen LogP contribution in [-0.2, 0) is 0 Å². The molecule has 0 bridgehead atoms. The van der Waals surface area contributed by atoms with E-state index in [0.29, 0.717) is 76.3 Å². The normalized spacial score (nSPS) is 18.1. The molecule has 3 amide bonds. The first-order valence-electron chi connectivity index (χ1n) is 13.0. The molecule has 2 aliphatic rings. The van der Waals surface area contributed by atoms with Crippen molar-refractivity contribution in [2.45, 2.75) is 25.7 Å². The lowest BCUT2D eigenvalue weighted by atomic mass is 9.75. The Morgan fingerprint density at radius 3 is 2.46 bits per heavy atom. The highest BCUT2D eigenvalue weighted by Crippen LogP contribution is 2.36. The maximum Gasteiger partial charge on any atom is 0.275 e. The lowest BCUT2D eigenvalue weighted by molar-refractivity contribution is 0.0491. The van der Waals surface area contributed by atoms with Crippen LogP contribution in [-0.4, -0.2) is 76.8 Å². The summed E-state index contributed by atoms with van der Waals surface area (Å²) in [5.41, 5.74) is 0.527. The second kappa shape index (κ2) is 11.6. The SMILES string of the molecule is O=C1NCC2(CCN(C(=O)c3cncc(F)c3)CC2)CCN(C(=O)c2cocn2)CCCOc2ccccc21. The van der Waals surface area contributed by atoms with E-state index in [1.807, 2.05) is 6.07 Å². The summed E-state index contributed by atoms with van der Waals surface area (Å²) < 4.78 is 24.6. The molecular weight excluding hydrogens is 505 g/mol. The van der Waals surface area contributed by atoms with Crippen molar-refractivity contribution in [2.75, 3.05) is 39.3 Å². The summed E-state index contributed by atoms with van der Waals surface area (Å²) in [5.74, 6) is -0.817. The molecule has 5 rings (SSSR count). The second-order valence-electron chi connectivity index (χ2n) is 9.98. The van der Waals surface area contributed by atoms with Crippen LogP contribution in [0.1, 0.15) is 56.9 Å². The Labute approximate surface area is 225 Å². The maximum atomic E-state index is 13.6. The minimum absolute atomic E-state index is 0.204. The predicted molar refractivity (Wildman–Crippen MR) is 138 cm³/mol. The van der Waals surface area contributed by atoms with Gasteiger partial charge in [-0.2, -0.15) is 0 Å². The van der Waals surface area contributed by atoms with Crippen LogP contribution in [0, 0.1) is 11.2 Å². The van der Waals surface area contributed by atoms with Crippen molar-refractivity contribution in [3.8, 4) is 5.75 Å². The van der Waals surface area contributed by atoms with Gasteiger partial charge in [0.2, 0.25) is 0 Å². The number of likely N-dealkylation sites (tertiary alicyclic amines) is 1. The topological polar surface area (TPSA) is 118 Å². The van der Waals surface area contributed by atoms with Crippen LogP contribution < -0.4 is 10.1 Å². The van der Waals surface area contributed by atoms with Crippen LogP contribution in [0.3, 0.4) is 0 Å². The van der Waals surface area contributed by atoms with E-state index in [9.17, 15) is 18.8 Å². The van der Waals surface area contributed by atoms with Gasteiger partial charge < -0.3 is 24.3 Å². The standard InChI is InChI=1S/C28H30FN5O5/c29-21-14-20(15-30-16-21)26(36)34-11-7-28(8-12-34)6-10-33(27(37)23-17-38-19-32-23)9-3-13-39-24-5-2-1-4-22(24)25(35)31-18-28/h1-2,4-5,14-17,19H,3,6-13,18H2,(H,31,35). The number of rotatable bonds is 2. The van der Waals surface area contributed by atoms with Gasteiger partial charge in [0, 0.05) is 38.9 Å². The number of carbonyl (C=O) groups excluding carboxylic acids is 3. The molecule has 1 saturated heterocycles. The predicted octanol–water partition coefficient (Wildman–Crippen LogP) is 3.18. The number of hydrogen-bond donors (Lipinski definition) is 1. The molecule has 0 radical (unpaired) electrons. The smallest absolute Gasteiger partial charge is 0.275 e. The van der Waals surface area contributed by atoms with Crippen molar-refractivity contribution in [2.24, 2.45) is 5.41 Å². The first kappa shape index (κ1) is 26.3. The Hall–Kier alpha value is -4.28. The summed E-state index contributed by atoms with van der Waals surface area (Å²) in [7, 11) is 0. The van der Waals surface area contributed by atoms with Crippen LogP contribution in [0.5, 0.6) is 5.75 Å². The fourth-order valence-electron chi connectivity index (χ4n) is 5.16. The largest absolute Gasteiger partial charge is 0.493 e. The second-order valence-corrected chi connectivity index (χ2v) is 9.98. The molecule has 4 heterocycles. The highest BCUT2D eigenvalue weighted by molar-refractivity contribution is 5.97. The van der Waals surface area contributed by atoms with Gasteiger partial charge in [0.25, 0.3) is 17.7 Å². The van der Waals surface area contributed by atoms with E-state index in [-0.39, 0.29) is 34.4 Å². The molecule has 1 aromatic carbocycles. The van der Waals surface area contributed by atoms with E-state index in [0.717, 1.165) is 6.20 Å². The number of benzene rings is 1. The molecule has 1 fully saturated rings. The van der Waals surface area contributed by atoms with Gasteiger partial charge in [-0.15, -0.1) is 0 Å². The number of carbonyl (C=O) groups is 3. The minimum Gasteiger partial charge on any atom is -0.493 e. The molecule has 2 aliphatic heterocycles. The zero-order valence-electron chi connectivity index (χ0n) is 21.5. The summed E-state index contributed by atoms with van der Waals surface area (Å²) in [6.07, 6.45) is 7.37. The Bertz CT molecular complexity index is 1320. The molecule has 2 aromatic heterocycles. The maximum absolute atomic E-state index is 13.6. The number of oxazole rings is 1. The van der Waals surface area contributed by atoms with Crippen molar-refractivity contribution in [1.82, 2.24) is 25.1 Å². The van der Waals surface area contributed by atoms with Crippen LogP contribution in [0.4, 0.5) is 4.39 Å². The van der Waals surface area contributed by atoms with Gasteiger partial charge in [0.1, 0.15) is 17.8 Å². The third-order valence-electron chi connectivity index (χ3n) is 7.50. The fourth-order valence-corrected chi connectivity index (χ4v) is 5.16. The molecule has 3 aromatic rings. The Morgan fingerprint density at radius 1 is 1.00 bits per heavy atom. The Balaban J connectivity index is 1.36. The number of piperidine rings is 1. The third-order valence-corrected chi connectivity index (χ3v) is 7.50. The first-order chi connectivity index (χ1) is 18.9. The molecule has 0 unspecified atom stereocenters. The summed E-state index contributed by atoms with van der Waals surface area (Å²) in [6, 6.07) is 8.28. The average Bonchev–Trinajstić information content (AvgIpc) is 3.50. The van der Waals surface area contributed by atoms with Crippen LogP contribution >= 0.6 is 0 Å². The number of halogens is 1. The van der Waals surface area contributed by atoms with Gasteiger partial charge in [0.15, 0.2) is 12.1 Å².